The molecule has 0 bridgehead atoms. The number of halogens is 4. The molecule has 98 valence electrons. The maximum atomic E-state index is 12.7. The maximum absolute atomic E-state index is 12.7. The van der Waals surface area contributed by atoms with Crippen LogP contribution in [0, 0.1) is 6.92 Å². The number of aromatic nitrogens is 2. The van der Waals surface area contributed by atoms with Gasteiger partial charge in [0.15, 0.2) is 0 Å². The molecule has 0 saturated carbocycles. The second kappa shape index (κ2) is 4.67. The van der Waals surface area contributed by atoms with Crippen LogP contribution in [0.5, 0.6) is 0 Å². The number of allylic oxidation sites excluding steroid dienone is 4. The van der Waals surface area contributed by atoms with Gasteiger partial charge < -0.3 is 0 Å². The van der Waals surface area contributed by atoms with E-state index >= 15 is 0 Å². The smallest absolute Gasteiger partial charge is 0.259 e. The lowest BCUT2D eigenvalue weighted by Gasteiger charge is -2.34. The minimum atomic E-state index is -2.59. The third kappa shape index (κ3) is 2.31. The van der Waals surface area contributed by atoms with E-state index in [9.17, 15) is 8.78 Å². The molecular formula is C12H12Cl2F2N2. The molecule has 2 atom stereocenters. The lowest BCUT2D eigenvalue weighted by molar-refractivity contribution is 0.191. The Morgan fingerprint density at radius 2 is 2.17 bits per heavy atom. The van der Waals surface area contributed by atoms with E-state index in [2.05, 4.69) is 5.10 Å². The zero-order valence-corrected chi connectivity index (χ0v) is 11.4. The molecule has 1 aromatic rings. The molecule has 0 saturated heterocycles. The first-order chi connectivity index (χ1) is 8.33. The van der Waals surface area contributed by atoms with E-state index in [4.69, 9.17) is 23.2 Å². The van der Waals surface area contributed by atoms with Gasteiger partial charge in [-0.1, -0.05) is 17.7 Å². The maximum Gasteiger partial charge on any atom is 0.263 e. The molecule has 1 aliphatic rings. The van der Waals surface area contributed by atoms with Gasteiger partial charge in [0, 0.05) is 22.5 Å². The summed E-state index contributed by atoms with van der Waals surface area (Å²) < 4.78 is 27.1. The van der Waals surface area contributed by atoms with Gasteiger partial charge in [0.2, 0.25) is 0 Å². The lowest BCUT2D eigenvalue weighted by atomic mass is 9.91. The second-order valence-corrected chi connectivity index (χ2v) is 5.70. The van der Waals surface area contributed by atoms with Crippen molar-refractivity contribution >= 4 is 23.2 Å². The fraction of sp³-hybridized carbons (Fsp3) is 0.417. The predicted molar refractivity (Wildman–Crippen MR) is 68.3 cm³/mol. The molecular weight excluding hydrogens is 281 g/mol. The van der Waals surface area contributed by atoms with Gasteiger partial charge in [0.1, 0.15) is 6.04 Å². The van der Waals surface area contributed by atoms with Crippen LogP contribution in [0.25, 0.3) is 0 Å². The first-order valence-corrected chi connectivity index (χ1v) is 6.15. The van der Waals surface area contributed by atoms with Gasteiger partial charge in [-0.05, 0) is 26.0 Å². The van der Waals surface area contributed by atoms with E-state index in [0.29, 0.717) is 0 Å². The third-order valence-corrected chi connectivity index (χ3v) is 3.55. The normalized spacial score (nSPS) is 28.3. The summed E-state index contributed by atoms with van der Waals surface area (Å²) in [6.45, 7) is 3.51. The van der Waals surface area contributed by atoms with E-state index in [-0.39, 0.29) is 10.6 Å². The van der Waals surface area contributed by atoms with Crippen LogP contribution in [0.1, 0.15) is 18.7 Å². The summed E-state index contributed by atoms with van der Waals surface area (Å²) in [6, 6.07) is 1.34. The lowest BCUT2D eigenvalue weighted by Crippen LogP contribution is -2.34. The van der Waals surface area contributed by atoms with Crippen LogP contribution in [0.3, 0.4) is 0 Å². The molecule has 6 heteroatoms. The van der Waals surface area contributed by atoms with E-state index in [1.54, 1.807) is 17.8 Å². The summed E-state index contributed by atoms with van der Waals surface area (Å²) in [7, 11) is 0. The van der Waals surface area contributed by atoms with Crippen molar-refractivity contribution < 1.29 is 8.78 Å². The minimum absolute atomic E-state index is 0.154. The van der Waals surface area contributed by atoms with E-state index in [0.717, 1.165) is 5.69 Å². The zero-order valence-electron chi connectivity index (χ0n) is 9.87. The van der Waals surface area contributed by atoms with Crippen molar-refractivity contribution in [2.45, 2.75) is 31.2 Å². The predicted octanol–water partition coefficient (Wildman–Crippen LogP) is 4.06. The van der Waals surface area contributed by atoms with Crippen LogP contribution >= 0.6 is 23.2 Å². The van der Waals surface area contributed by atoms with Crippen molar-refractivity contribution in [1.29, 1.82) is 0 Å². The molecule has 2 unspecified atom stereocenters. The Labute approximate surface area is 114 Å². The summed E-state index contributed by atoms with van der Waals surface area (Å²) in [5.74, 6) is 0. The summed E-state index contributed by atoms with van der Waals surface area (Å²) in [5.41, 5.74) is 0.714. The van der Waals surface area contributed by atoms with Crippen LogP contribution < -0.4 is 0 Å². The average Bonchev–Trinajstić information content (AvgIpc) is 2.62. The highest BCUT2D eigenvalue weighted by Gasteiger charge is 2.39. The fourth-order valence-electron chi connectivity index (χ4n) is 2.09. The number of alkyl halides is 3. The third-order valence-electron chi connectivity index (χ3n) is 2.91. The van der Waals surface area contributed by atoms with Crippen molar-refractivity contribution in [3.63, 3.8) is 0 Å². The van der Waals surface area contributed by atoms with Crippen molar-refractivity contribution in [2.24, 2.45) is 0 Å². The van der Waals surface area contributed by atoms with Crippen LogP contribution in [0.2, 0.25) is 0 Å². The Hall–Kier alpha value is -0.870. The van der Waals surface area contributed by atoms with Gasteiger partial charge in [-0.3, -0.25) is 4.68 Å². The molecule has 1 aromatic heterocycles. The fourth-order valence-corrected chi connectivity index (χ4v) is 2.92. The van der Waals surface area contributed by atoms with Crippen molar-refractivity contribution in [1.82, 2.24) is 9.78 Å². The molecule has 2 rings (SSSR count). The highest BCUT2D eigenvalue weighted by atomic mass is 35.5. The molecule has 0 fully saturated rings. The highest BCUT2D eigenvalue weighted by molar-refractivity contribution is 6.33. The average molecular weight is 293 g/mol. The first-order valence-electron chi connectivity index (χ1n) is 5.40. The van der Waals surface area contributed by atoms with E-state index in [1.165, 1.54) is 12.2 Å². The molecule has 0 radical (unpaired) electrons. The Morgan fingerprint density at radius 3 is 2.61 bits per heavy atom. The van der Waals surface area contributed by atoms with Crippen LogP contribution in [0.4, 0.5) is 8.78 Å². The molecule has 2 nitrogen and oxygen atoms in total. The van der Waals surface area contributed by atoms with Gasteiger partial charge in [-0.25, -0.2) is 8.78 Å². The Kier molecular flexibility index (Phi) is 3.52. The number of hydrogen-bond donors (Lipinski definition) is 0. The summed E-state index contributed by atoms with van der Waals surface area (Å²) in [6.07, 6.45) is 1.65. The molecule has 0 amide bonds. The van der Waals surface area contributed by atoms with Gasteiger partial charge in [0.25, 0.3) is 6.43 Å². The van der Waals surface area contributed by atoms with Gasteiger partial charge in [0.05, 0.1) is 4.87 Å². The monoisotopic (exact) mass is 292 g/mol. The standard InChI is InChI=1S/C12H12Cl2F2N2/c1-7-3-4-17-18(7)10-9(13)5-8(11(15)16)6-12(10,2)14/h3-6,10-11H,1-2H3. The molecule has 1 aliphatic carbocycles. The van der Waals surface area contributed by atoms with Crippen LogP contribution in [-0.2, 0) is 0 Å². The van der Waals surface area contributed by atoms with Gasteiger partial charge >= 0.3 is 0 Å². The minimum Gasteiger partial charge on any atom is -0.259 e. The number of hydrogen-bond acceptors (Lipinski definition) is 1. The number of rotatable bonds is 2. The van der Waals surface area contributed by atoms with Crippen molar-refractivity contribution in [3.8, 4) is 0 Å². The summed E-state index contributed by atoms with van der Waals surface area (Å²) >= 11 is 12.5. The molecule has 0 aromatic carbocycles. The summed E-state index contributed by atoms with van der Waals surface area (Å²) in [4.78, 5) is -1.03. The first kappa shape index (κ1) is 13.6. The van der Waals surface area contributed by atoms with E-state index < -0.39 is 17.3 Å². The van der Waals surface area contributed by atoms with Crippen molar-refractivity contribution in [2.75, 3.05) is 0 Å². The number of nitrogens with zero attached hydrogens (tertiary/aromatic N) is 2. The van der Waals surface area contributed by atoms with Gasteiger partial charge in [-0.2, -0.15) is 5.10 Å². The Balaban J connectivity index is 2.47. The topological polar surface area (TPSA) is 17.8 Å². The molecule has 0 spiro atoms. The Bertz CT molecular complexity index is 518. The molecule has 0 N–H and O–H groups in total. The zero-order chi connectivity index (χ0) is 13.5. The summed E-state index contributed by atoms with van der Waals surface area (Å²) in [5, 5.41) is 4.41. The highest BCUT2D eigenvalue weighted by Crippen LogP contribution is 2.43. The van der Waals surface area contributed by atoms with E-state index in [1.807, 2.05) is 13.0 Å². The molecule has 18 heavy (non-hydrogen) atoms. The Morgan fingerprint density at radius 1 is 1.50 bits per heavy atom. The quantitative estimate of drug-likeness (QED) is 0.752. The molecule has 1 heterocycles. The largest absolute Gasteiger partial charge is 0.263 e. The SMILES string of the molecule is Cc1ccnn1C1C(Cl)=CC(C(F)F)=CC1(C)Cl. The number of aryl methyl sites for hydroxylation is 1. The van der Waals surface area contributed by atoms with Crippen LogP contribution in [-0.4, -0.2) is 21.1 Å². The van der Waals surface area contributed by atoms with Crippen LogP contribution in [0.15, 0.2) is 35.0 Å². The molecule has 0 aliphatic heterocycles. The second-order valence-electron chi connectivity index (χ2n) is 4.45. The van der Waals surface area contributed by atoms with Gasteiger partial charge in [-0.15, -0.1) is 11.6 Å². The van der Waals surface area contributed by atoms with Crippen molar-refractivity contribution in [3.05, 3.63) is 40.7 Å².